The molecule has 0 aliphatic carbocycles. The zero-order valence-corrected chi connectivity index (χ0v) is 18.8. The summed E-state index contributed by atoms with van der Waals surface area (Å²) in [4.78, 5) is 12.9. The number of sulfonamides is 1. The van der Waals surface area contributed by atoms with E-state index in [4.69, 9.17) is 25.8 Å². The fourth-order valence-corrected chi connectivity index (χ4v) is 5.87. The highest BCUT2D eigenvalue weighted by Gasteiger charge is 2.28. The maximum atomic E-state index is 13.1. The molecule has 2 aromatic carbocycles. The van der Waals surface area contributed by atoms with Crippen LogP contribution < -0.4 is 4.74 Å². The molecule has 31 heavy (non-hydrogen) atoms. The maximum Gasteiger partial charge on any atom is 0.338 e. The molecule has 2 heterocycles. The minimum atomic E-state index is -3.66. The fourth-order valence-electron chi connectivity index (χ4n) is 3.84. The summed E-state index contributed by atoms with van der Waals surface area (Å²) in [7, 11) is -3.66. The van der Waals surface area contributed by atoms with Crippen molar-refractivity contribution in [1.29, 1.82) is 0 Å². The third-order valence-corrected chi connectivity index (χ3v) is 7.73. The van der Waals surface area contributed by atoms with Gasteiger partial charge >= 0.3 is 5.97 Å². The van der Waals surface area contributed by atoms with Gasteiger partial charge in [-0.3, -0.25) is 0 Å². The number of carbonyl (C=O) groups is 1. The number of esters is 1. The molecule has 0 N–H and O–H groups in total. The molecule has 4 rings (SSSR count). The molecule has 9 heteroatoms. The van der Waals surface area contributed by atoms with Gasteiger partial charge in [0.2, 0.25) is 10.0 Å². The Balaban J connectivity index is 1.54. The lowest BCUT2D eigenvalue weighted by Crippen LogP contribution is -2.36. The normalized spacial score (nSPS) is 17.0. The lowest BCUT2D eigenvalue weighted by molar-refractivity contribution is -0.0180. The van der Waals surface area contributed by atoms with Gasteiger partial charge in [0, 0.05) is 29.2 Å². The van der Waals surface area contributed by atoms with Gasteiger partial charge in [0.25, 0.3) is 0 Å². The van der Waals surface area contributed by atoms with Crippen LogP contribution in [0.3, 0.4) is 0 Å². The van der Waals surface area contributed by atoms with Crippen LogP contribution in [-0.4, -0.2) is 38.6 Å². The lowest BCUT2D eigenvalue weighted by Gasteiger charge is -2.26. The van der Waals surface area contributed by atoms with Crippen LogP contribution in [0.2, 0.25) is 5.02 Å². The zero-order chi connectivity index (χ0) is 22.0. The molecular weight excluding hydrogens is 442 g/mol. The van der Waals surface area contributed by atoms with Crippen molar-refractivity contribution in [3.05, 3.63) is 57.6 Å². The minimum Gasteiger partial charge on any atom is -0.467 e. The highest BCUT2D eigenvalue weighted by molar-refractivity contribution is 7.89. The van der Waals surface area contributed by atoms with Crippen molar-refractivity contribution >= 4 is 27.6 Å². The molecule has 7 nitrogen and oxygen atoms in total. The number of hydrogen-bond acceptors (Lipinski definition) is 6. The van der Waals surface area contributed by atoms with E-state index in [0.29, 0.717) is 41.6 Å². The number of benzene rings is 2. The number of ether oxygens (including phenoxy) is 3. The Kier molecular flexibility index (Phi) is 6.52. The van der Waals surface area contributed by atoms with Gasteiger partial charge in [-0.2, -0.15) is 4.31 Å². The third kappa shape index (κ3) is 4.72. The second-order valence-corrected chi connectivity index (χ2v) is 10.0. The van der Waals surface area contributed by atoms with Crippen molar-refractivity contribution in [2.75, 3.05) is 19.9 Å². The number of hydrogen-bond donors (Lipinski definition) is 0. The van der Waals surface area contributed by atoms with Gasteiger partial charge in [-0.1, -0.05) is 24.1 Å². The van der Waals surface area contributed by atoms with Crippen LogP contribution in [0.15, 0.2) is 35.2 Å². The predicted molar refractivity (Wildman–Crippen MR) is 115 cm³/mol. The van der Waals surface area contributed by atoms with E-state index in [2.05, 4.69) is 0 Å². The molecule has 0 unspecified atom stereocenters. The summed E-state index contributed by atoms with van der Waals surface area (Å²) >= 11 is 6.15. The Morgan fingerprint density at radius 1 is 1.16 bits per heavy atom. The molecule has 0 atom stereocenters. The Hall–Kier alpha value is -2.13. The van der Waals surface area contributed by atoms with E-state index in [1.165, 1.54) is 10.4 Å². The average molecular weight is 466 g/mol. The van der Waals surface area contributed by atoms with Crippen molar-refractivity contribution < 1.29 is 27.4 Å². The van der Waals surface area contributed by atoms with E-state index in [9.17, 15) is 13.2 Å². The topological polar surface area (TPSA) is 82.1 Å². The molecule has 0 aromatic heterocycles. The highest BCUT2D eigenvalue weighted by atomic mass is 35.5. The van der Waals surface area contributed by atoms with E-state index in [-0.39, 0.29) is 23.9 Å². The molecule has 2 aromatic rings. The van der Waals surface area contributed by atoms with Crippen LogP contribution in [0.25, 0.3) is 0 Å². The summed E-state index contributed by atoms with van der Waals surface area (Å²) in [6, 6.07) is 8.04. The maximum absolute atomic E-state index is 13.1. The van der Waals surface area contributed by atoms with Crippen LogP contribution in [0, 0.1) is 6.92 Å². The molecule has 0 bridgehead atoms. The Morgan fingerprint density at radius 3 is 2.71 bits per heavy atom. The number of carbonyl (C=O) groups excluding carboxylic acids is 1. The summed E-state index contributed by atoms with van der Waals surface area (Å²) < 4.78 is 43.9. The summed E-state index contributed by atoms with van der Waals surface area (Å²) in [6.45, 7) is 3.16. The molecule has 2 aliphatic rings. The van der Waals surface area contributed by atoms with Gasteiger partial charge in [-0.25, -0.2) is 13.2 Å². The number of aryl methyl sites for hydroxylation is 1. The molecule has 2 aliphatic heterocycles. The second kappa shape index (κ2) is 9.16. The van der Waals surface area contributed by atoms with Gasteiger partial charge < -0.3 is 14.2 Å². The number of fused-ring (bicyclic) bond motifs is 1. The number of nitrogens with zero attached hydrogens (tertiary/aromatic N) is 1. The Labute approximate surface area is 186 Å². The van der Waals surface area contributed by atoms with Crippen molar-refractivity contribution in [3.63, 3.8) is 0 Å². The molecule has 0 amide bonds. The molecule has 1 fully saturated rings. The molecular formula is C22H24ClNO6S. The zero-order valence-electron chi connectivity index (χ0n) is 17.2. The van der Waals surface area contributed by atoms with Gasteiger partial charge in [-0.05, 0) is 49.6 Å². The monoisotopic (exact) mass is 465 g/mol. The van der Waals surface area contributed by atoms with Crippen molar-refractivity contribution in [2.45, 2.75) is 44.3 Å². The van der Waals surface area contributed by atoms with Crippen molar-refractivity contribution in [2.24, 2.45) is 0 Å². The van der Waals surface area contributed by atoms with Crippen LogP contribution >= 0.6 is 11.6 Å². The van der Waals surface area contributed by atoms with E-state index in [1.807, 2.05) is 0 Å². The van der Waals surface area contributed by atoms with Crippen LogP contribution in [0.1, 0.15) is 46.3 Å². The van der Waals surface area contributed by atoms with E-state index in [1.54, 1.807) is 31.2 Å². The first-order valence-corrected chi connectivity index (χ1v) is 12.0. The van der Waals surface area contributed by atoms with Crippen LogP contribution in [-0.2, 0) is 32.7 Å². The first-order valence-electron chi connectivity index (χ1n) is 10.2. The highest BCUT2D eigenvalue weighted by Crippen LogP contribution is 2.32. The van der Waals surface area contributed by atoms with Crippen LogP contribution in [0.5, 0.6) is 5.75 Å². The van der Waals surface area contributed by atoms with E-state index < -0.39 is 16.0 Å². The second-order valence-electron chi connectivity index (χ2n) is 7.68. The quantitative estimate of drug-likeness (QED) is 0.619. The minimum absolute atomic E-state index is 0.0518. The van der Waals surface area contributed by atoms with Gasteiger partial charge in [0.15, 0.2) is 6.79 Å². The summed E-state index contributed by atoms with van der Waals surface area (Å²) in [5.74, 6) is -0.0170. The average Bonchev–Trinajstić information content (AvgIpc) is 2.78. The number of halogens is 1. The molecule has 0 saturated carbocycles. The van der Waals surface area contributed by atoms with E-state index in [0.717, 1.165) is 24.8 Å². The number of piperidine rings is 1. The standard InChI is InChI=1S/C22H24ClNO6S/c1-15-5-6-16(11-20(15)31(26,27)24-7-3-2-4-8-24)22(25)29-13-18-10-19(23)9-17-12-28-14-30-21(17)18/h5-6,9-11H,2-4,7-8,12-14H2,1H3. The van der Waals surface area contributed by atoms with Crippen LogP contribution in [0.4, 0.5) is 0 Å². The molecule has 0 radical (unpaired) electrons. The van der Waals surface area contributed by atoms with Gasteiger partial charge in [0.1, 0.15) is 12.4 Å². The lowest BCUT2D eigenvalue weighted by atomic mass is 10.1. The Morgan fingerprint density at radius 2 is 1.94 bits per heavy atom. The smallest absolute Gasteiger partial charge is 0.338 e. The third-order valence-electron chi connectivity index (χ3n) is 5.47. The predicted octanol–water partition coefficient (Wildman–Crippen LogP) is 4.05. The van der Waals surface area contributed by atoms with Crippen molar-refractivity contribution in [3.8, 4) is 5.75 Å². The SMILES string of the molecule is Cc1ccc(C(=O)OCc2cc(Cl)cc3c2OCOC3)cc1S(=O)(=O)N1CCCCC1. The van der Waals surface area contributed by atoms with E-state index >= 15 is 0 Å². The first kappa shape index (κ1) is 22.1. The van der Waals surface area contributed by atoms with Gasteiger partial charge in [-0.15, -0.1) is 0 Å². The summed E-state index contributed by atoms with van der Waals surface area (Å²) in [5, 5.41) is 0.490. The van der Waals surface area contributed by atoms with Crippen molar-refractivity contribution in [1.82, 2.24) is 4.31 Å². The Bertz CT molecular complexity index is 1100. The number of rotatable bonds is 5. The molecule has 0 spiro atoms. The largest absolute Gasteiger partial charge is 0.467 e. The molecule has 1 saturated heterocycles. The fraction of sp³-hybridized carbons (Fsp3) is 0.409. The van der Waals surface area contributed by atoms with Gasteiger partial charge in [0.05, 0.1) is 17.1 Å². The summed E-state index contributed by atoms with van der Waals surface area (Å²) in [6.07, 6.45) is 2.72. The molecule has 166 valence electrons. The first-order chi connectivity index (χ1) is 14.9. The summed E-state index contributed by atoms with van der Waals surface area (Å²) in [5.41, 5.74) is 2.20.